The van der Waals surface area contributed by atoms with E-state index in [9.17, 15) is 9.59 Å². The fourth-order valence-corrected chi connectivity index (χ4v) is 2.61. The summed E-state index contributed by atoms with van der Waals surface area (Å²) in [5, 5.41) is 14.9. The van der Waals surface area contributed by atoms with Crippen LogP contribution in [0.2, 0.25) is 10.0 Å². The summed E-state index contributed by atoms with van der Waals surface area (Å²) >= 11 is 12.5. The number of imide groups is 1. The molecule has 0 spiro atoms. The molecule has 0 aliphatic rings. The van der Waals surface area contributed by atoms with Gasteiger partial charge in [-0.1, -0.05) is 23.2 Å². The Morgan fingerprint density at radius 2 is 1.73 bits per heavy atom. The molecule has 0 aliphatic carbocycles. The lowest BCUT2D eigenvalue weighted by Crippen LogP contribution is -2.36. The van der Waals surface area contributed by atoms with E-state index in [4.69, 9.17) is 37.9 Å². The van der Waals surface area contributed by atoms with Gasteiger partial charge in [-0.2, -0.15) is 10.4 Å². The number of methoxy groups -OCH3 is 1. The molecule has 0 bridgehead atoms. The first-order chi connectivity index (χ1) is 14.4. The first-order valence-electron chi connectivity index (χ1n) is 8.40. The summed E-state index contributed by atoms with van der Waals surface area (Å²) in [6, 6.07) is 11.2. The maximum atomic E-state index is 11.8. The molecule has 9 nitrogen and oxygen atoms in total. The average Bonchev–Trinajstić information content (AvgIpc) is 2.71. The number of hydrogen-bond acceptors (Lipinski definition) is 8. The highest BCUT2D eigenvalue weighted by atomic mass is 35.5. The number of rotatable bonds is 7. The topological polar surface area (TPSA) is 122 Å². The predicted octanol–water partition coefficient (Wildman–Crippen LogP) is 4.36. The molecule has 0 saturated carbocycles. The SMILES string of the molecule is CCOC(=O)NC(=O)C(C#N)=NNc1cc(Cl)c(Oc2ccc(OC)cc2)c(Cl)c1. The van der Waals surface area contributed by atoms with Gasteiger partial charge in [0.25, 0.3) is 5.91 Å². The molecule has 0 radical (unpaired) electrons. The van der Waals surface area contributed by atoms with Crippen molar-refractivity contribution in [2.45, 2.75) is 6.92 Å². The van der Waals surface area contributed by atoms with Crippen molar-refractivity contribution >= 4 is 46.6 Å². The van der Waals surface area contributed by atoms with Crippen LogP contribution in [-0.2, 0) is 9.53 Å². The summed E-state index contributed by atoms with van der Waals surface area (Å²) in [4.78, 5) is 23.1. The van der Waals surface area contributed by atoms with Gasteiger partial charge in [0.15, 0.2) is 5.75 Å². The molecule has 0 aliphatic heterocycles. The van der Waals surface area contributed by atoms with Crippen molar-refractivity contribution in [1.82, 2.24) is 5.32 Å². The number of nitrogens with zero attached hydrogens (tertiary/aromatic N) is 2. The lowest BCUT2D eigenvalue weighted by atomic mass is 10.3. The molecule has 156 valence electrons. The van der Waals surface area contributed by atoms with Crippen molar-refractivity contribution in [2.75, 3.05) is 19.1 Å². The first kappa shape index (κ1) is 22.8. The van der Waals surface area contributed by atoms with Crippen LogP contribution in [0.5, 0.6) is 17.2 Å². The third-order valence-electron chi connectivity index (χ3n) is 3.39. The Bertz CT molecular complexity index is 980. The number of amides is 2. The number of nitrogens with one attached hydrogen (secondary N) is 2. The summed E-state index contributed by atoms with van der Waals surface area (Å²) in [5.74, 6) is 0.330. The van der Waals surface area contributed by atoms with Gasteiger partial charge in [-0.3, -0.25) is 15.5 Å². The predicted molar refractivity (Wildman–Crippen MR) is 111 cm³/mol. The van der Waals surface area contributed by atoms with Gasteiger partial charge in [-0.15, -0.1) is 0 Å². The number of nitriles is 1. The number of anilines is 1. The lowest BCUT2D eigenvalue weighted by molar-refractivity contribution is -0.114. The Morgan fingerprint density at radius 3 is 2.27 bits per heavy atom. The first-order valence-corrected chi connectivity index (χ1v) is 9.16. The van der Waals surface area contributed by atoms with E-state index in [1.165, 1.54) is 12.1 Å². The van der Waals surface area contributed by atoms with Crippen LogP contribution in [0.15, 0.2) is 41.5 Å². The largest absolute Gasteiger partial charge is 0.497 e. The Morgan fingerprint density at radius 1 is 1.13 bits per heavy atom. The summed E-state index contributed by atoms with van der Waals surface area (Å²) in [5.41, 5.74) is 2.16. The van der Waals surface area contributed by atoms with Crippen LogP contribution >= 0.6 is 23.2 Å². The summed E-state index contributed by atoms with van der Waals surface area (Å²) in [6.45, 7) is 1.64. The van der Waals surface area contributed by atoms with Crippen LogP contribution in [0.3, 0.4) is 0 Å². The number of halogens is 2. The quantitative estimate of drug-likeness (QED) is 0.474. The number of alkyl carbamates (subject to hydrolysis) is 1. The van der Waals surface area contributed by atoms with Crippen LogP contribution in [0.1, 0.15) is 6.92 Å². The van der Waals surface area contributed by atoms with Crippen molar-refractivity contribution in [2.24, 2.45) is 5.10 Å². The van der Waals surface area contributed by atoms with E-state index < -0.39 is 17.7 Å². The second-order valence-corrected chi connectivity index (χ2v) is 6.22. The molecule has 0 heterocycles. The van der Waals surface area contributed by atoms with Gasteiger partial charge in [0, 0.05) is 0 Å². The Balaban J connectivity index is 2.13. The molecule has 2 N–H and O–H groups in total. The zero-order valence-corrected chi connectivity index (χ0v) is 17.4. The van der Waals surface area contributed by atoms with Gasteiger partial charge in [-0.05, 0) is 43.3 Å². The Kier molecular flexibility index (Phi) is 8.29. The van der Waals surface area contributed by atoms with E-state index in [0.29, 0.717) is 11.5 Å². The van der Waals surface area contributed by atoms with Crippen molar-refractivity contribution < 1.29 is 23.8 Å². The van der Waals surface area contributed by atoms with E-state index >= 15 is 0 Å². The number of ether oxygens (including phenoxy) is 3. The molecule has 0 fully saturated rings. The summed E-state index contributed by atoms with van der Waals surface area (Å²) in [6.07, 6.45) is -0.989. The van der Waals surface area contributed by atoms with Gasteiger partial charge in [0.05, 0.1) is 29.4 Å². The lowest BCUT2D eigenvalue weighted by Gasteiger charge is -2.12. The molecule has 30 heavy (non-hydrogen) atoms. The van der Waals surface area contributed by atoms with Gasteiger partial charge in [-0.25, -0.2) is 4.79 Å². The molecule has 0 saturated heterocycles. The zero-order chi connectivity index (χ0) is 22.1. The van der Waals surface area contributed by atoms with Gasteiger partial charge in [0.1, 0.15) is 17.6 Å². The molecule has 2 aromatic rings. The minimum Gasteiger partial charge on any atom is -0.497 e. The van der Waals surface area contributed by atoms with Crippen LogP contribution < -0.4 is 20.2 Å². The molecule has 2 rings (SSSR count). The van der Waals surface area contributed by atoms with Gasteiger partial charge < -0.3 is 14.2 Å². The van der Waals surface area contributed by atoms with Crippen LogP contribution in [0.4, 0.5) is 10.5 Å². The van der Waals surface area contributed by atoms with Crippen molar-refractivity contribution in [3.63, 3.8) is 0 Å². The fourth-order valence-electron chi connectivity index (χ4n) is 2.05. The zero-order valence-electron chi connectivity index (χ0n) is 15.9. The maximum Gasteiger partial charge on any atom is 0.414 e. The van der Waals surface area contributed by atoms with Gasteiger partial charge >= 0.3 is 6.09 Å². The molecule has 2 aromatic carbocycles. The highest BCUT2D eigenvalue weighted by Gasteiger charge is 2.16. The molecular formula is C19H16Cl2N4O5. The minimum absolute atomic E-state index is 0.0678. The van der Waals surface area contributed by atoms with Crippen molar-refractivity contribution in [3.8, 4) is 23.3 Å². The third kappa shape index (κ3) is 6.27. The minimum atomic E-state index is -1.03. The van der Waals surface area contributed by atoms with Crippen LogP contribution in [0, 0.1) is 11.3 Å². The van der Waals surface area contributed by atoms with E-state index in [0.717, 1.165) is 0 Å². The Labute approximate surface area is 182 Å². The van der Waals surface area contributed by atoms with Gasteiger partial charge in [0.2, 0.25) is 5.71 Å². The van der Waals surface area contributed by atoms with Crippen molar-refractivity contribution in [1.29, 1.82) is 5.26 Å². The number of benzene rings is 2. The summed E-state index contributed by atoms with van der Waals surface area (Å²) in [7, 11) is 1.55. The molecule has 11 heteroatoms. The number of hydrogen-bond donors (Lipinski definition) is 2. The third-order valence-corrected chi connectivity index (χ3v) is 3.95. The molecule has 0 aromatic heterocycles. The van der Waals surface area contributed by atoms with Crippen LogP contribution in [0.25, 0.3) is 0 Å². The molecule has 0 unspecified atom stereocenters. The highest BCUT2D eigenvalue weighted by molar-refractivity contribution is 6.47. The number of carbonyl (C=O) groups excluding carboxylic acids is 2. The van der Waals surface area contributed by atoms with Crippen molar-refractivity contribution in [3.05, 3.63) is 46.4 Å². The second kappa shape index (κ2) is 10.9. The van der Waals surface area contributed by atoms with E-state index in [-0.39, 0.29) is 28.1 Å². The van der Waals surface area contributed by atoms with E-state index in [1.807, 2.05) is 5.32 Å². The number of hydrazone groups is 1. The average molecular weight is 451 g/mol. The van der Waals surface area contributed by atoms with E-state index in [2.05, 4.69) is 15.3 Å². The maximum absolute atomic E-state index is 11.8. The fraction of sp³-hybridized carbons (Fsp3) is 0.158. The monoisotopic (exact) mass is 450 g/mol. The normalized spacial score (nSPS) is 10.6. The molecule has 0 atom stereocenters. The smallest absolute Gasteiger partial charge is 0.414 e. The Hall–Kier alpha value is -3.48. The van der Waals surface area contributed by atoms with Crippen LogP contribution in [-0.4, -0.2) is 31.4 Å². The summed E-state index contributed by atoms with van der Waals surface area (Å²) < 4.78 is 15.3. The molecular weight excluding hydrogens is 435 g/mol. The molecule has 2 amide bonds. The van der Waals surface area contributed by atoms with E-state index in [1.54, 1.807) is 44.4 Å². The standard InChI is InChI=1S/C19H16Cl2N4O5/c1-3-29-19(27)23-18(26)16(10-22)25-24-11-8-14(20)17(15(21)9-11)30-13-6-4-12(28-2)5-7-13/h4-9,24H,3H2,1-2H3,(H,23,26,27). The second-order valence-electron chi connectivity index (χ2n) is 5.41. The highest BCUT2D eigenvalue weighted by Crippen LogP contribution is 2.39. The number of carbonyl (C=O) groups is 2.